The Morgan fingerprint density at radius 1 is 1.33 bits per heavy atom. The molecule has 0 bridgehead atoms. The predicted octanol–water partition coefficient (Wildman–Crippen LogP) is 2.76. The molecule has 1 N–H and O–H groups in total. The third kappa shape index (κ3) is 5.63. The summed E-state index contributed by atoms with van der Waals surface area (Å²) in [6.45, 7) is 3.03. The van der Waals surface area contributed by atoms with Crippen LogP contribution in [0.1, 0.15) is 25.0 Å². The maximum atomic E-state index is 13.0. The second-order valence-corrected chi connectivity index (χ2v) is 4.69. The number of rotatable bonds is 6. The molecule has 0 radical (unpaired) electrons. The number of amides is 1. The summed E-state index contributed by atoms with van der Waals surface area (Å²) in [6, 6.07) is 3.69. The van der Waals surface area contributed by atoms with Crippen LogP contribution >= 0.6 is 0 Å². The molecule has 0 aromatic heterocycles. The van der Waals surface area contributed by atoms with Crippen molar-refractivity contribution in [2.24, 2.45) is 0 Å². The molecule has 118 valence electrons. The smallest absolute Gasteiger partial charge is 0.416 e. The van der Waals surface area contributed by atoms with Gasteiger partial charge in [-0.2, -0.15) is 13.2 Å². The third-order valence-electron chi connectivity index (χ3n) is 2.51. The highest BCUT2D eigenvalue weighted by Gasteiger charge is 2.33. The van der Waals surface area contributed by atoms with Crippen LogP contribution in [-0.4, -0.2) is 25.7 Å². The Balaban J connectivity index is 2.94. The zero-order valence-electron chi connectivity index (χ0n) is 12.1. The summed E-state index contributed by atoms with van der Waals surface area (Å²) in [5.41, 5.74) is -0.846. The van der Waals surface area contributed by atoms with E-state index in [1.165, 1.54) is 19.2 Å². The Kier molecular flexibility index (Phi) is 6.02. The Hall–Kier alpha value is -1.76. The molecule has 21 heavy (non-hydrogen) atoms. The van der Waals surface area contributed by atoms with Crippen LogP contribution in [0.15, 0.2) is 18.2 Å². The van der Waals surface area contributed by atoms with Crippen molar-refractivity contribution >= 4 is 5.91 Å². The maximum Gasteiger partial charge on any atom is 0.416 e. The molecule has 1 rings (SSSR count). The standard InChI is InChI=1S/C14H18F3NO3/c1-9(2)21-11-5-4-10(7-18-13(19)8-20-3)12(6-11)14(15,16)17/h4-6,9H,7-8H2,1-3H3,(H,18,19). The molecule has 0 heterocycles. The summed E-state index contributed by atoms with van der Waals surface area (Å²) in [5, 5.41) is 2.37. The minimum Gasteiger partial charge on any atom is -0.491 e. The Labute approximate surface area is 121 Å². The molecular formula is C14H18F3NO3. The summed E-state index contributed by atoms with van der Waals surface area (Å²) in [7, 11) is 1.33. The van der Waals surface area contributed by atoms with E-state index in [-0.39, 0.29) is 30.6 Å². The number of benzene rings is 1. The second kappa shape index (κ2) is 7.31. The van der Waals surface area contributed by atoms with Gasteiger partial charge in [-0.3, -0.25) is 4.79 Å². The summed E-state index contributed by atoms with van der Waals surface area (Å²) < 4.78 is 49.0. The zero-order valence-corrected chi connectivity index (χ0v) is 12.1. The predicted molar refractivity (Wildman–Crippen MR) is 70.9 cm³/mol. The number of alkyl halides is 3. The molecule has 0 aliphatic rings. The summed E-state index contributed by atoms with van der Waals surface area (Å²) in [6.07, 6.45) is -4.74. The molecule has 0 aliphatic carbocycles. The van der Waals surface area contributed by atoms with E-state index in [2.05, 4.69) is 10.1 Å². The van der Waals surface area contributed by atoms with E-state index >= 15 is 0 Å². The zero-order chi connectivity index (χ0) is 16.0. The van der Waals surface area contributed by atoms with Crippen LogP contribution in [0.3, 0.4) is 0 Å². The first-order chi connectivity index (χ1) is 9.74. The molecule has 0 unspecified atom stereocenters. The van der Waals surface area contributed by atoms with Crippen LogP contribution in [0.4, 0.5) is 13.2 Å². The number of halogens is 3. The van der Waals surface area contributed by atoms with Crippen LogP contribution in [-0.2, 0) is 22.3 Å². The fourth-order valence-electron chi connectivity index (χ4n) is 1.70. The van der Waals surface area contributed by atoms with Gasteiger partial charge in [-0.1, -0.05) is 6.07 Å². The van der Waals surface area contributed by atoms with E-state index in [9.17, 15) is 18.0 Å². The van der Waals surface area contributed by atoms with Crippen molar-refractivity contribution in [1.82, 2.24) is 5.32 Å². The van der Waals surface area contributed by atoms with Gasteiger partial charge in [-0.15, -0.1) is 0 Å². The molecule has 0 aliphatic heterocycles. The first-order valence-corrected chi connectivity index (χ1v) is 6.36. The lowest BCUT2D eigenvalue weighted by Gasteiger charge is -2.16. The minimum atomic E-state index is -4.52. The van der Waals surface area contributed by atoms with Crippen molar-refractivity contribution in [3.8, 4) is 5.75 Å². The van der Waals surface area contributed by atoms with E-state index in [1.54, 1.807) is 13.8 Å². The average molecular weight is 305 g/mol. The Morgan fingerprint density at radius 2 is 2.00 bits per heavy atom. The number of carbonyl (C=O) groups is 1. The van der Waals surface area contributed by atoms with E-state index in [1.807, 2.05) is 0 Å². The van der Waals surface area contributed by atoms with Crippen molar-refractivity contribution < 1.29 is 27.4 Å². The summed E-state index contributed by atoms with van der Waals surface area (Å²) in [4.78, 5) is 11.2. The number of carbonyl (C=O) groups excluding carboxylic acids is 1. The van der Waals surface area contributed by atoms with Crippen LogP contribution in [0.5, 0.6) is 5.75 Å². The highest BCUT2D eigenvalue weighted by molar-refractivity contribution is 5.77. The van der Waals surface area contributed by atoms with Crippen LogP contribution in [0, 0.1) is 0 Å². The van der Waals surface area contributed by atoms with Crippen LogP contribution in [0.25, 0.3) is 0 Å². The normalized spacial score (nSPS) is 11.6. The van der Waals surface area contributed by atoms with Gasteiger partial charge >= 0.3 is 6.18 Å². The molecule has 0 spiro atoms. The van der Waals surface area contributed by atoms with Crippen molar-refractivity contribution in [3.63, 3.8) is 0 Å². The van der Waals surface area contributed by atoms with Gasteiger partial charge in [-0.05, 0) is 31.5 Å². The monoisotopic (exact) mass is 305 g/mol. The van der Waals surface area contributed by atoms with Gasteiger partial charge in [0, 0.05) is 13.7 Å². The van der Waals surface area contributed by atoms with E-state index in [0.29, 0.717) is 0 Å². The minimum absolute atomic E-state index is 0.0249. The Bertz CT molecular complexity index is 487. The number of hydrogen-bond acceptors (Lipinski definition) is 3. The number of methoxy groups -OCH3 is 1. The third-order valence-corrected chi connectivity index (χ3v) is 2.51. The number of ether oxygens (including phenoxy) is 2. The highest BCUT2D eigenvalue weighted by atomic mass is 19.4. The molecule has 0 saturated carbocycles. The van der Waals surface area contributed by atoms with E-state index in [4.69, 9.17) is 4.74 Å². The molecule has 7 heteroatoms. The van der Waals surface area contributed by atoms with Crippen molar-refractivity contribution in [2.75, 3.05) is 13.7 Å². The average Bonchev–Trinajstić information content (AvgIpc) is 2.35. The van der Waals surface area contributed by atoms with Crippen molar-refractivity contribution in [1.29, 1.82) is 0 Å². The van der Waals surface area contributed by atoms with Gasteiger partial charge in [0.15, 0.2) is 0 Å². The lowest BCUT2D eigenvalue weighted by Crippen LogP contribution is -2.27. The lowest BCUT2D eigenvalue weighted by molar-refractivity contribution is -0.138. The molecule has 1 amide bonds. The largest absolute Gasteiger partial charge is 0.491 e. The van der Waals surface area contributed by atoms with Gasteiger partial charge in [0.25, 0.3) is 0 Å². The molecule has 0 saturated heterocycles. The lowest BCUT2D eigenvalue weighted by atomic mass is 10.1. The van der Waals surface area contributed by atoms with E-state index in [0.717, 1.165) is 6.07 Å². The second-order valence-electron chi connectivity index (χ2n) is 4.69. The van der Waals surface area contributed by atoms with Crippen molar-refractivity contribution in [3.05, 3.63) is 29.3 Å². The molecule has 0 fully saturated rings. The molecule has 4 nitrogen and oxygen atoms in total. The fraction of sp³-hybridized carbons (Fsp3) is 0.500. The Morgan fingerprint density at radius 3 is 2.52 bits per heavy atom. The topological polar surface area (TPSA) is 47.6 Å². The molecule has 1 aromatic rings. The molecule has 1 aromatic carbocycles. The van der Waals surface area contributed by atoms with Crippen molar-refractivity contribution in [2.45, 2.75) is 32.7 Å². The first kappa shape index (κ1) is 17.3. The van der Waals surface area contributed by atoms with Gasteiger partial charge in [-0.25, -0.2) is 0 Å². The van der Waals surface area contributed by atoms with Crippen LogP contribution < -0.4 is 10.1 Å². The molecular weight excluding hydrogens is 287 g/mol. The van der Waals surface area contributed by atoms with Gasteiger partial charge in [0.05, 0.1) is 11.7 Å². The quantitative estimate of drug-likeness (QED) is 0.879. The highest BCUT2D eigenvalue weighted by Crippen LogP contribution is 2.34. The van der Waals surface area contributed by atoms with Gasteiger partial charge < -0.3 is 14.8 Å². The van der Waals surface area contributed by atoms with Gasteiger partial charge in [0.2, 0.25) is 5.91 Å². The fourth-order valence-corrected chi connectivity index (χ4v) is 1.70. The van der Waals surface area contributed by atoms with E-state index < -0.39 is 17.6 Å². The number of hydrogen-bond donors (Lipinski definition) is 1. The first-order valence-electron chi connectivity index (χ1n) is 6.36. The van der Waals surface area contributed by atoms with Gasteiger partial charge in [0.1, 0.15) is 12.4 Å². The van der Waals surface area contributed by atoms with Crippen LogP contribution in [0.2, 0.25) is 0 Å². The maximum absolute atomic E-state index is 13.0. The summed E-state index contributed by atoms with van der Waals surface area (Å²) in [5.74, 6) is -0.336. The SMILES string of the molecule is COCC(=O)NCc1ccc(OC(C)C)cc1C(F)(F)F. The molecule has 0 atom stereocenters. The summed E-state index contributed by atoms with van der Waals surface area (Å²) >= 11 is 0. The number of nitrogens with one attached hydrogen (secondary N) is 1.